The van der Waals surface area contributed by atoms with Crippen molar-refractivity contribution in [3.63, 3.8) is 0 Å². The Balaban J connectivity index is 1.31. The third kappa shape index (κ3) is 7.51. The molecule has 1 aliphatic rings. The SMILES string of the molecule is CCNC(=NCCCOCC1CCCO1)NCCNc1ccc2ccccc2n1. The minimum Gasteiger partial charge on any atom is -0.379 e. The number of rotatable bonds is 11. The van der Waals surface area contributed by atoms with Crippen molar-refractivity contribution in [3.05, 3.63) is 36.4 Å². The van der Waals surface area contributed by atoms with Crippen LogP contribution in [0, 0.1) is 0 Å². The first-order valence-corrected chi connectivity index (χ1v) is 10.7. The van der Waals surface area contributed by atoms with Crippen molar-refractivity contribution in [2.24, 2.45) is 4.99 Å². The van der Waals surface area contributed by atoms with Crippen molar-refractivity contribution in [1.29, 1.82) is 0 Å². The van der Waals surface area contributed by atoms with Crippen molar-refractivity contribution < 1.29 is 9.47 Å². The molecule has 1 fully saturated rings. The number of guanidine groups is 1. The molecular formula is C22H33N5O2. The molecule has 0 radical (unpaired) electrons. The number of benzene rings is 1. The van der Waals surface area contributed by atoms with Crippen LogP contribution in [0.1, 0.15) is 26.2 Å². The molecule has 0 saturated carbocycles. The summed E-state index contributed by atoms with van der Waals surface area (Å²) in [6.07, 6.45) is 3.47. The summed E-state index contributed by atoms with van der Waals surface area (Å²) in [6.45, 7) is 7.47. The highest BCUT2D eigenvalue weighted by molar-refractivity contribution is 5.80. The number of fused-ring (bicyclic) bond motifs is 1. The second-order valence-corrected chi connectivity index (χ2v) is 7.07. The molecule has 1 saturated heterocycles. The smallest absolute Gasteiger partial charge is 0.191 e. The lowest BCUT2D eigenvalue weighted by molar-refractivity contribution is 0.0171. The van der Waals surface area contributed by atoms with E-state index in [1.165, 1.54) is 0 Å². The van der Waals surface area contributed by atoms with Gasteiger partial charge in [0.05, 0.1) is 18.2 Å². The van der Waals surface area contributed by atoms with E-state index in [9.17, 15) is 0 Å². The van der Waals surface area contributed by atoms with Gasteiger partial charge in [0.25, 0.3) is 0 Å². The van der Waals surface area contributed by atoms with E-state index in [1.54, 1.807) is 0 Å². The summed E-state index contributed by atoms with van der Waals surface area (Å²) in [4.78, 5) is 9.24. The number of hydrogen-bond donors (Lipinski definition) is 3. The van der Waals surface area contributed by atoms with Crippen LogP contribution < -0.4 is 16.0 Å². The minimum atomic E-state index is 0.294. The van der Waals surface area contributed by atoms with Gasteiger partial charge in [-0.1, -0.05) is 18.2 Å². The maximum Gasteiger partial charge on any atom is 0.191 e. The molecule has 29 heavy (non-hydrogen) atoms. The number of ether oxygens (including phenoxy) is 2. The fraction of sp³-hybridized carbons (Fsp3) is 0.545. The fourth-order valence-corrected chi connectivity index (χ4v) is 3.23. The van der Waals surface area contributed by atoms with Crippen LogP contribution in [0.2, 0.25) is 0 Å². The van der Waals surface area contributed by atoms with E-state index < -0.39 is 0 Å². The Labute approximate surface area is 173 Å². The fourth-order valence-electron chi connectivity index (χ4n) is 3.23. The molecule has 3 N–H and O–H groups in total. The standard InChI is InChI=1S/C22H33N5O2/c1-2-23-22(25-12-6-15-28-17-19-8-5-16-29-19)26-14-13-24-21-11-10-18-7-3-4-9-20(18)27-21/h3-4,7,9-11,19H,2,5-6,8,12-17H2,1H3,(H,24,27)(H2,23,25,26). The molecule has 1 aliphatic heterocycles. The van der Waals surface area contributed by atoms with Crippen LogP contribution in [0.4, 0.5) is 5.82 Å². The van der Waals surface area contributed by atoms with Crippen molar-refractivity contribution in [1.82, 2.24) is 15.6 Å². The first-order valence-electron chi connectivity index (χ1n) is 10.7. The van der Waals surface area contributed by atoms with Gasteiger partial charge in [-0.3, -0.25) is 4.99 Å². The number of nitrogens with zero attached hydrogens (tertiary/aromatic N) is 2. The zero-order valence-electron chi connectivity index (χ0n) is 17.3. The number of aliphatic imine (C=N–C) groups is 1. The van der Waals surface area contributed by atoms with Gasteiger partial charge in [-0.15, -0.1) is 0 Å². The summed E-state index contributed by atoms with van der Waals surface area (Å²) in [5.41, 5.74) is 1.00. The van der Waals surface area contributed by atoms with Crippen LogP contribution in [0.5, 0.6) is 0 Å². The molecule has 0 aliphatic carbocycles. The Bertz CT molecular complexity index is 762. The molecule has 2 heterocycles. The van der Waals surface area contributed by atoms with E-state index in [4.69, 9.17) is 9.47 Å². The molecule has 1 atom stereocenters. The van der Waals surface area contributed by atoms with Crippen molar-refractivity contribution >= 4 is 22.7 Å². The van der Waals surface area contributed by atoms with E-state index >= 15 is 0 Å². The van der Waals surface area contributed by atoms with Crippen LogP contribution in [-0.2, 0) is 9.47 Å². The van der Waals surface area contributed by atoms with E-state index in [2.05, 4.69) is 45.0 Å². The lowest BCUT2D eigenvalue weighted by Crippen LogP contribution is -2.39. The number of para-hydroxylation sites is 1. The molecule has 2 aromatic rings. The average molecular weight is 400 g/mol. The summed E-state index contributed by atoms with van der Waals surface area (Å²) in [5.74, 6) is 1.72. The van der Waals surface area contributed by atoms with Gasteiger partial charge in [-0.05, 0) is 44.4 Å². The molecule has 0 bridgehead atoms. The number of nitrogens with one attached hydrogen (secondary N) is 3. The summed E-state index contributed by atoms with van der Waals surface area (Å²) >= 11 is 0. The Hall–Kier alpha value is -2.38. The predicted octanol–water partition coefficient (Wildman–Crippen LogP) is 2.79. The van der Waals surface area contributed by atoms with Crippen LogP contribution in [0.3, 0.4) is 0 Å². The Morgan fingerprint density at radius 2 is 2.14 bits per heavy atom. The van der Waals surface area contributed by atoms with Crippen molar-refractivity contribution in [3.8, 4) is 0 Å². The van der Waals surface area contributed by atoms with E-state index in [1.807, 2.05) is 24.3 Å². The van der Waals surface area contributed by atoms with Gasteiger partial charge < -0.3 is 25.4 Å². The largest absolute Gasteiger partial charge is 0.379 e. The van der Waals surface area contributed by atoms with Crippen LogP contribution in [-0.4, -0.2) is 63.0 Å². The first-order chi connectivity index (χ1) is 14.3. The number of aromatic nitrogens is 1. The maximum atomic E-state index is 5.69. The highest BCUT2D eigenvalue weighted by Crippen LogP contribution is 2.14. The van der Waals surface area contributed by atoms with Gasteiger partial charge in [0.1, 0.15) is 5.82 Å². The molecule has 1 aromatic heterocycles. The second kappa shape index (κ2) is 12.2. The normalized spacial score (nSPS) is 16.9. The summed E-state index contributed by atoms with van der Waals surface area (Å²) in [7, 11) is 0. The molecule has 0 spiro atoms. The topological polar surface area (TPSA) is 79.8 Å². The highest BCUT2D eigenvalue weighted by atomic mass is 16.5. The maximum absolute atomic E-state index is 5.69. The molecule has 7 nitrogen and oxygen atoms in total. The molecule has 3 rings (SSSR count). The third-order valence-electron chi connectivity index (χ3n) is 4.71. The Kier molecular flexibility index (Phi) is 9.00. The van der Waals surface area contributed by atoms with Crippen molar-refractivity contribution in [2.45, 2.75) is 32.3 Å². The van der Waals surface area contributed by atoms with Crippen molar-refractivity contribution in [2.75, 3.05) is 51.3 Å². The van der Waals surface area contributed by atoms with E-state index in [0.717, 1.165) is 81.3 Å². The molecule has 158 valence electrons. The van der Waals surface area contributed by atoms with Gasteiger partial charge in [0.2, 0.25) is 0 Å². The van der Waals surface area contributed by atoms with E-state index in [-0.39, 0.29) is 0 Å². The zero-order valence-corrected chi connectivity index (χ0v) is 17.3. The number of hydrogen-bond acceptors (Lipinski definition) is 5. The zero-order chi connectivity index (χ0) is 20.2. The van der Waals surface area contributed by atoms with Gasteiger partial charge in [-0.25, -0.2) is 4.98 Å². The number of pyridine rings is 1. The van der Waals surface area contributed by atoms with Gasteiger partial charge in [0, 0.05) is 44.8 Å². The van der Waals surface area contributed by atoms with Crippen LogP contribution in [0.25, 0.3) is 10.9 Å². The summed E-state index contributed by atoms with van der Waals surface area (Å²) < 4.78 is 11.2. The lowest BCUT2D eigenvalue weighted by Gasteiger charge is -2.12. The quantitative estimate of drug-likeness (QED) is 0.306. The Morgan fingerprint density at radius 1 is 1.21 bits per heavy atom. The third-order valence-corrected chi connectivity index (χ3v) is 4.71. The monoisotopic (exact) mass is 399 g/mol. The molecule has 7 heteroatoms. The molecule has 0 amide bonds. The molecule has 1 unspecified atom stereocenters. The highest BCUT2D eigenvalue weighted by Gasteiger charge is 2.14. The summed E-state index contributed by atoms with van der Waals surface area (Å²) in [5, 5.41) is 11.1. The lowest BCUT2D eigenvalue weighted by atomic mass is 10.2. The molecular weight excluding hydrogens is 366 g/mol. The van der Waals surface area contributed by atoms with Gasteiger partial charge >= 0.3 is 0 Å². The second-order valence-electron chi connectivity index (χ2n) is 7.07. The van der Waals surface area contributed by atoms with E-state index in [0.29, 0.717) is 12.7 Å². The first kappa shape index (κ1) is 21.3. The predicted molar refractivity (Wildman–Crippen MR) is 119 cm³/mol. The van der Waals surface area contributed by atoms with Crippen LogP contribution in [0.15, 0.2) is 41.4 Å². The average Bonchev–Trinajstić information content (AvgIpc) is 3.27. The Morgan fingerprint density at radius 3 is 3.00 bits per heavy atom. The summed E-state index contributed by atoms with van der Waals surface area (Å²) in [6, 6.07) is 12.2. The van der Waals surface area contributed by atoms with Gasteiger partial charge in [-0.2, -0.15) is 0 Å². The van der Waals surface area contributed by atoms with Crippen LogP contribution >= 0.6 is 0 Å². The number of anilines is 1. The van der Waals surface area contributed by atoms with Gasteiger partial charge in [0.15, 0.2) is 5.96 Å². The minimum absolute atomic E-state index is 0.294. The molecule has 1 aromatic carbocycles.